The molecule has 0 amide bonds. The van der Waals surface area contributed by atoms with Crippen LogP contribution < -0.4 is 15.2 Å². The summed E-state index contributed by atoms with van der Waals surface area (Å²) in [6.07, 6.45) is 0. The number of hydrogen-bond acceptors (Lipinski definition) is 5. The molecule has 0 unspecified atom stereocenters. The SMILES string of the molecule is CCOc1cc(OCCOCCOC)c(N)cc1F. The van der Waals surface area contributed by atoms with Gasteiger partial charge in [-0.1, -0.05) is 0 Å². The normalized spacial score (nSPS) is 10.5. The van der Waals surface area contributed by atoms with E-state index in [-0.39, 0.29) is 11.4 Å². The van der Waals surface area contributed by atoms with Gasteiger partial charge in [0.05, 0.1) is 32.1 Å². The lowest BCUT2D eigenvalue weighted by molar-refractivity contribution is 0.0545. The molecule has 0 atom stereocenters. The summed E-state index contributed by atoms with van der Waals surface area (Å²) in [7, 11) is 1.61. The van der Waals surface area contributed by atoms with E-state index in [4.69, 9.17) is 24.7 Å². The second-order valence-corrected chi connectivity index (χ2v) is 3.71. The van der Waals surface area contributed by atoms with Crippen molar-refractivity contribution in [1.29, 1.82) is 0 Å². The predicted octanol–water partition coefficient (Wildman–Crippen LogP) is 1.85. The Balaban J connectivity index is 2.46. The number of nitrogens with two attached hydrogens (primary N) is 1. The molecule has 0 spiro atoms. The highest BCUT2D eigenvalue weighted by Gasteiger charge is 2.09. The molecule has 0 saturated carbocycles. The van der Waals surface area contributed by atoms with Crippen molar-refractivity contribution in [3.63, 3.8) is 0 Å². The Morgan fingerprint density at radius 2 is 1.79 bits per heavy atom. The molecule has 0 aromatic heterocycles. The first kappa shape index (κ1) is 15.5. The van der Waals surface area contributed by atoms with Crippen LogP contribution in [0, 0.1) is 5.82 Å². The van der Waals surface area contributed by atoms with Gasteiger partial charge in [-0.3, -0.25) is 0 Å². The summed E-state index contributed by atoms with van der Waals surface area (Å²) in [5, 5.41) is 0. The van der Waals surface area contributed by atoms with Crippen molar-refractivity contribution < 1.29 is 23.3 Å². The van der Waals surface area contributed by atoms with E-state index >= 15 is 0 Å². The smallest absolute Gasteiger partial charge is 0.167 e. The first-order valence-corrected chi connectivity index (χ1v) is 6.10. The molecule has 0 heterocycles. The maximum atomic E-state index is 13.4. The second kappa shape index (κ2) is 8.55. The van der Waals surface area contributed by atoms with Crippen molar-refractivity contribution >= 4 is 5.69 Å². The van der Waals surface area contributed by atoms with E-state index in [0.717, 1.165) is 0 Å². The van der Waals surface area contributed by atoms with Crippen molar-refractivity contribution in [2.45, 2.75) is 6.92 Å². The lowest BCUT2D eigenvalue weighted by Crippen LogP contribution is -2.11. The zero-order valence-corrected chi connectivity index (χ0v) is 11.3. The quantitative estimate of drug-likeness (QED) is 0.549. The average Bonchev–Trinajstić information content (AvgIpc) is 2.38. The number of ether oxygens (including phenoxy) is 4. The topological polar surface area (TPSA) is 62.9 Å². The van der Waals surface area contributed by atoms with Gasteiger partial charge in [-0.2, -0.15) is 0 Å². The van der Waals surface area contributed by atoms with Crippen LogP contribution in [0.5, 0.6) is 11.5 Å². The Labute approximate surface area is 112 Å². The molecule has 0 aliphatic heterocycles. The van der Waals surface area contributed by atoms with E-state index in [1.165, 1.54) is 12.1 Å². The Morgan fingerprint density at radius 3 is 2.47 bits per heavy atom. The van der Waals surface area contributed by atoms with Gasteiger partial charge in [0.25, 0.3) is 0 Å². The van der Waals surface area contributed by atoms with Crippen LogP contribution in [0.3, 0.4) is 0 Å². The Morgan fingerprint density at radius 1 is 1.05 bits per heavy atom. The van der Waals surface area contributed by atoms with E-state index in [2.05, 4.69) is 0 Å². The van der Waals surface area contributed by atoms with Gasteiger partial charge in [0.2, 0.25) is 0 Å². The van der Waals surface area contributed by atoms with Gasteiger partial charge < -0.3 is 24.7 Å². The number of anilines is 1. The first-order valence-electron chi connectivity index (χ1n) is 6.10. The molecule has 0 bridgehead atoms. The minimum Gasteiger partial charge on any atom is -0.491 e. The highest BCUT2D eigenvalue weighted by Crippen LogP contribution is 2.30. The van der Waals surface area contributed by atoms with Gasteiger partial charge in [0, 0.05) is 19.2 Å². The van der Waals surface area contributed by atoms with Crippen molar-refractivity contribution in [1.82, 2.24) is 0 Å². The second-order valence-electron chi connectivity index (χ2n) is 3.71. The van der Waals surface area contributed by atoms with E-state index in [9.17, 15) is 4.39 Å². The molecule has 1 aromatic rings. The summed E-state index contributed by atoms with van der Waals surface area (Å²) in [6.45, 7) is 3.92. The maximum Gasteiger partial charge on any atom is 0.167 e. The summed E-state index contributed by atoms with van der Waals surface area (Å²) in [5.41, 5.74) is 5.90. The fraction of sp³-hybridized carbons (Fsp3) is 0.538. The van der Waals surface area contributed by atoms with Crippen LogP contribution in [0.2, 0.25) is 0 Å². The fourth-order valence-electron chi connectivity index (χ4n) is 1.40. The van der Waals surface area contributed by atoms with Gasteiger partial charge >= 0.3 is 0 Å². The Bertz CT molecular complexity index is 387. The van der Waals surface area contributed by atoms with Gasteiger partial charge in [0.1, 0.15) is 12.4 Å². The molecule has 19 heavy (non-hydrogen) atoms. The van der Waals surface area contributed by atoms with Gasteiger partial charge in [-0.15, -0.1) is 0 Å². The zero-order valence-electron chi connectivity index (χ0n) is 11.3. The average molecular weight is 273 g/mol. The van der Waals surface area contributed by atoms with Crippen LogP contribution in [0.15, 0.2) is 12.1 Å². The number of halogens is 1. The third kappa shape index (κ3) is 5.32. The monoisotopic (exact) mass is 273 g/mol. The fourth-order valence-corrected chi connectivity index (χ4v) is 1.40. The minimum atomic E-state index is -0.497. The van der Waals surface area contributed by atoms with Crippen molar-refractivity contribution in [3.05, 3.63) is 17.9 Å². The van der Waals surface area contributed by atoms with Gasteiger partial charge in [-0.25, -0.2) is 4.39 Å². The van der Waals surface area contributed by atoms with Crippen LogP contribution in [0.4, 0.5) is 10.1 Å². The molecule has 5 nitrogen and oxygen atoms in total. The summed E-state index contributed by atoms with van der Waals surface area (Å²) in [5.74, 6) is 0.0234. The van der Waals surface area contributed by atoms with Crippen molar-refractivity contribution in [2.24, 2.45) is 0 Å². The van der Waals surface area contributed by atoms with Crippen LogP contribution in [-0.4, -0.2) is 40.1 Å². The minimum absolute atomic E-state index is 0.131. The molecule has 0 saturated heterocycles. The molecule has 0 radical (unpaired) electrons. The standard InChI is InChI=1S/C13H20FNO4/c1-3-18-12-9-13(11(15)8-10(12)14)19-7-6-17-5-4-16-2/h8-9H,3-7,15H2,1-2H3. The molecule has 1 aromatic carbocycles. The molecule has 0 aliphatic carbocycles. The largest absolute Gasteiger partial charge is 0.491 e. The number of rotatable bonds is 9. The number of benzene rings is 1. The number of methoxy groups -OCH3 is 1. The predicted molar refractivity (Wildman–Crippen MR) is 70.2 cm³/mol. The van der Waals surface area contributed by atoms with Crippen LogP contribution in [0.25, 0.3) is 0 Å². The molecule has 6 heteroatoms. The van der Waals surface area contributed by atoms with E-state index in [0.29, 0.717) is 38.8 Å². The molecule has 1 rings (SSSR count). The highest BCUT2D eigenvalue weighted by molar-refractivity contribution is 5.56. The van der Waals surface area contributed by atoms with Crippen LogP contribution >= 0.6 is 0 Å². The lowest BCUT2D eigenvalue weighted by atomic mass is 10.2. The summed E-state index contributed by atoms with van der Waals surface area (Å²) < 4.78 is 34.1. The maximum absolute atomic E-state index is 13.4. The number of hydrogen-bond donors (Lipinski definition) is 1. The van der Waals surface area contributed by atoms with Gasteiger partial charge in [0.15, 0.2) is 11.6 Å². The van der Waals surface area contributed by atoms with E-state index < -0.39 is 5.82 Å². The van der Waals surface area contributed by atoms with Crippen molar-refractivity contribution in [3.8, 4) is 11.5 Å². The summed E-state index contributed by atoms with van der Waals surface area (Å²) in [4.78, 5) is 0. The van der Waals surface area contributed by atoms with Gasteiger partial charge in [-0.05, 0) is 6.92 Å². The molecule has 0 aliphatic rings. The first-order chi connectivity index (χ1) is 9.19. The zero-order chi connectivity index (χ0) is 14.1. The molecular weight excluding hydrogens is 253 g/mol. The summed E-state index contributed by atoms with van der Waals surface area (Å²) >= 11 is 0. The van der Waals surface area contributed by atoms with Crippen molar-refractivity contribution in [2.75, 3.05) is 45.9 Å². The molecule has 0 fully saturated rings. The van der Waals surface area contributed by atoms with Crippen LogP contribution in [0.1, 0.15) is 6.92 Å². The molecule has 2 N–H and O–H groups in total. The van der Waals surface area contributed by atoms with E-state index in [1.54, 1.807) is 14.0 Å². The summed E-state index contributed by atoms with van der Waals surface area (Å²) in [6, 6.07) is 2.63. The van der Waals surface area contributed by atoms with Crippen LogP contribution in [-0.2, 0) is 9.47 Å². The third-order valence-corrected chi connectivity index (χ3v) is 2.28. The molecular formula is C13H20FNO4. The Hall–Kier alpha value is -1.53. The lowest BCUT2D eigenvalue weighted by Gasteiger charge is -2.12. The molecule has 108 valence electrons. The third-order valence-electron chi connectivity index (χ3n) is 2.28. The van der Waals surface area contributed by atoms with E-state index in [1.807, 2.05) is 0 Å². The highest BCUT2D eigenvalue weighted by atomic mass is 19.1. The number of nitrogen functional groups attached to an aromatic ring is 1. The Kier molecular flexibility index (Phi) is 6.99.